The van der Waals surface area contributed by atoms with Crippen LogP contribution in [0.3, 0.4) is 0 Å². The maximum absolute atomic E-state index is 6.23. The van der Waals surface area contributed by atoms with E-state index < -0.39 is 0 Å². The zero-order valence-electron chi connectivity index (χ0n) is 11.5. The molecule has 0 bridgehead atoms. The fourth-order valence-electron chi connectivity index (χ4n) is 3.06. The molecule has 2 aromatic rings. The topological polar surface area (TPSA) is 30.5 Å². The first kappa shape index (κ1) is 13.4. The Morgan fingerprint density at radius 3 is 3.24 bits per heavy atom. The molecule has 0 saturated heterocycles. The van der Waals surface area contributed by atoms with E-state index in [0.29, 0.717) is 16.8 Å². The molecule has 0 spiro atoms. The fraction of sp³-hybridized carbons (Fsp3) is 0.375. The lowest BCUT2D eigenvalue weighted by molar-refractivity contribution is 0.174. The Morgan fingerprint density at radius 1 is 1.33 bits per heavy atom. The van der Waals surface area contributed by atoms with Gasteiger partial charge in [-0.05, 0) is 54.0 Å². The summed E-state index contributed by atoms with van der Waals surface area (Å²) in [4.78, 5) is 1.53. The summed E-state index contributed by atoms with van der Waals surface area (Å²) in [7, 11) is 0. The molecule has 110 valence electrons. The van der Waals surface area contributed by atoms with Crippen molar-refractivity contribution in [2.24, 2.45) is 0 Å². The number of aryl methyl sites for hydroxylation is 1. The number of hydrogen-bond donors (Lipinski definition) is 1. The van der Waals surface area contributed by atoms with Crippen LogP contribution in [0.25, 0.3) is 0 Å². The van der Waals surface area contributed by atoms with Crippen molar-refractivity contribution in [3.63, 3.8) is 0 Å². The van der Waals surface area contributed by atoms with Crippen LogP contribution in [0.4, 0.5) is 0 Å². The lowest BCUT2D eigenvalue weighted by Gasteiger charge is -2.24. The Balaban J connectivity index is 1.50. The van der Waals surface area contributed by atoms with Gasteiger partial charge in [-0.1, -0.05) is 11.6 Å². The second-order valence-corrected chi connectivity index (χ2v) is 6.84. The van der Waals surface area contributed by atoms with E-state index in [0.717, 1.165) is 17.9 Å². The van der Waals surface area contributed by atoms with Crippen molar-refractivity contribution < 1.29 is 9.47 Å². The monoisotopic (exact) mass is 321 g/mol. The normalized spacial score (nSPS) is 19.6. The van der Waals surface area contributed by atoms with E-state index in [9.17, 15) is 0 Å². The van der Waals surface area contributed by atoms with Crippen LogP contribution in [0.5, 0.6) is 11.5 Å². The summed E-state index contributed by atoms with van der Waals surface area (Å²) in [5, 5.41) is 6.47. The SMILES string of the molecule is Clc1cc(CNC2CCCc3sccc32)cc2c1OCO2. The molecular weight excluding hydrogens is 306 g/mol. The van der Waals surface area contributed by atoms with Gasteiger partial charge in [0.25, 0.3) is 0 Å². The minimum Gasteiger partial charge on any atom is -0.454 e. The van der Waals surface area contributed by atoms with E-state index in [2.05, 4.69) is 16.8 Å². The molecule has 0 fully saturated rings. The van der Waals surface area contributed by atoms with Gasteiger partial charge in [0.1, 0.15) is 0 Å². The van der Waals surface area contributed by atoms with Crippen molar-refractivity contribution in [1.29, 1.82) is 0 Å². The van der Waals surface area contributed by atoms with Crippen LogP contribution < -0.4 is 14.8 Å². The number of thiophene rings is 1. The summed E-state index contributed by atoms with van der Waals surface area (Å²) < 4.78 is 10.8. The van der Waals surface area contributed by atoms with Gasteiger partial charge in [0.15, 0.2) is 11.5 Å². The largest absolute Gasteiger partial charge is 0.454 e. The summed E-state index contributed by atoms with van der Waals surface area (Å²) in [6.45, 7) is 1.04. The highest BCUT2D eigenvalue weighted by Gasteiger charge is 2.22. The van der Waals surface area contributed by atoms with Gasteiger partial charge < -0.3 is 14.8 Å². The van der Waals surface area contributed by atoms with E-state index >= 15 is 0 Å². The number of benzene rings is 1. The molecule has 3 nitrogen and oxygen atoms in total. The Morgan fingerprint density at radius 2 is 2.29 bits per heavy atom. The molecule has 1 atom stereocenters. The van der Waals surface area contributed by atoms with Gasteiger partial charge >= 0.3 is 0 Å². The smallest absolute Gasteiger partial charge is 0.231 e. The Labute approximate surface area is 132 Å². The summed E-state index contributed by atoms with van der Waals surface area (Å²) in [6.07, 6.45) is 3.68. The molecule has 1 aromatic heterocycles. The molecule has 21 heavy (non-hydrogen) atoms. The van der Waals surface area contributed by atoms with Crippen molar-refractivity contribution in [2.75, 3.05) is 6.79 Å². The molecule has 0 radical (unpaired) electrons. The average Bonchev–Trinajstić information content (AvgIpc) is 3.13. The van der Waals surface area contributed by atoms with Crippen molar-refractivity contribution in [3.8, 4) is 11.5 Å². The molecule has 2 aliphatic rings. The summed E-state index contributed by atoms with van der Waals surface area (Å²) in [6, 6.07) is 6.67. The number of halogens is 1. The second-order valence-electron chi connectivity index (χ2n) is 5.44. The highest BCUT2D eigenvalue weighted by Crippen LogP contribution is 2.40. The molecule has 0 amide bonds. The molecule has 0 saturated carbocycles. The van der Waals surface area contributed by atoms with Gasteiger partial charge in [-0.2, -0.15) is 0 Å². The van der Waals surface area contributed by atoms with Crippen LogP contribution in [-0.4, -0.2) is 6.79 Å². The van der Waals surface area contributed by atoms with Gasteiger partial charge in [0.2, 0.25) is 6.79 Å². The van der Waals surface area contributed by atoms with Crippen molar-refractivity contribution in [3.05, 3.63) is 44.6 Å². The van der Waals surface area contributed by atoms with Crippen molar-refractivity contribution in [1.82, 2.24) is 5.32 Å². The zero-order valence-corrected chi connectivity index (χ0v) is 13.1. The van der Waals surface area contributed by atoms with Gasteiger partial charge in [-0.15, -0.1) is 11.3 Å². The van der Waals surface area contributed by atoms with Crippen LogP contribution >= 0.6 is 22.9 Å². The summed E-state index contributed by atoms with van der Waals surface area (Å²) in [5.41, 5.74) is 2.60. The number of ether oxygens (including phenoxy) is 2. The fourth-order valence-corrected chi connectivity index (χ4v) is 4.34. The van der Waals surface area contributed by atoms with Gasteiger partial charge in [-0.3, -0.25) is 0 Å². The van der Waals surface area contributed by atoms with E-state index in [4.69, 9.17) is 21.1 Å². The lowest BCUT2D eigenvalue weighted by Crippen LogP contribution is -2.23. The molecule has 2 heterocycles. The maximum Gasteiger partial charge on any atom is 0.231 e. The molecule has 1 unspecified atom stereocenters. The molecule has 1 N–H and O–H groups in total. The third-order valence-corrected chi connectivity index (χ3v) is 5.37. The number of hydrogen-bond acceptors (Lipinski definition) is 4. The van der Waals surface area contributed by atoms with E-state index in [1.807, 2.05) is 23.5 Å². The first-order valence-electron chi connectivity index (χ1n) is 7.19. The quantitative estimate of drug-likeness (QED) is 0.914. The average molecular weight is 322 g/mol. The third kappa shape index (κ3) is 2.52. The van der Waals surface area contributed by atoms with Gasteiger partial charge in [0, 0.05) is 17.5 Å². The number of fused-ring (bicyclic) bond motifs is 2. The molecular formula is C16H16ClNO2S. The van der Waals surface area contributed by atoms with Crippen molar-refractivity contribution >= 4 is 22.9 Å². The minimum atomic E-state index is 0.257. The van der Waals surface area contributed by atoms with Gasteiger partial charge in [0.05, 0.1) is 5.02 Å². The van der Waals surface area contributed by atoms with Crippen molar-refractivity contribution in [2.45, 2.75) is 31.8 Å². The van der Waals surface area contributed by atoms with E-state index in [-0.39, 0.29) is 6.79 Å². The molecule has 1 aliphatic heterocycles. The Hall–Kier alpha value is -1.23. The molecule has 5 heteroatoms. The molecule has 1 aliphatic carbocycles. The predicted octanol–water partition coefficient (Wildman–Crippen LogP) is 4.30. The highest BCUT2D eigenvalue weighted by molar-refractivity contribution is 7.10. The van der Waals surface area contributed by atoms with Crippen LogP contribution in [-0.2, 0) is 13.0 Å². The lowest BCUT2D eigenvalue weighted by atomic mass is 9.94. The summed E-state index contributed by atoms with van der Waals surface area (Å²) in [5.74, 6) is 1.41. The molecule has 4 rings (SSSR count). The summed E-state index contributed by atoms with van der Waals surface area (Å²) >= 11 is 8.10. The zero-order chi connectivity index (χ0) is 14.2. The minimum absolute atomic E-state index is 0.257. The van der Waals surface area contributed by atoms with Crippen LogP contribution in [0, 0.1) is 0 Å². The Kier molecular flexibility index (Phi) is 3.53. The predicted molar refractivity (Wildman–Crippen MR) is 84.4 cm³/mol. The van der Waals surface area contributed by atoms with Crippen LogP contribution in [0.1, 0.15) is 34.9 Å². The number of rotatable bonds is 3. The third-order valence-electron chi connectivity index (χ3n) is 4.09. The van der Waals surface area contributed by atoms with Gasteiger partial charge in [-0.25, -0.2) is 0 Å². The number of nitrogens with one attached hydrogen (secondary N) is 1. The second kappa shape index (κ2) is 5.52. The van der Waals surface area contributed by atoms with Crippen LogP contribution in [0.15, 0.2) is 23.6 Å². The highest BCUT2D eigenvalue weighted by atomic mass is 35.5. The van der Waals surface area contributed by atoms with Crippen LogP contribution in [0.2, 0.25) is 5.02 Å². The first-order chi connectivity index (χ1) is 10.3. The maximum atomic E-state index is 6.23. The van der Waals surface area contributed by atoms with E-state index in [1.165, 1.54) is 29.7 Å². The Bertz CT molecular complexity index is 670. The molecule has 1 aromatic carbocycles. The standard InChI is InChI=1S/C16H16ClNO2S/c17-12-6-10(7-14-16(12)20-9-19-14)8-18-13-2-1-3-15-11(13)4-5-21-15/h4-7,13,18H,1-3,8-9H2. The first-order valence-corrected chi connectivity index (χ1v) is 8.44. The van der Waals surface area contributed by atoms with E-state index in [1.54, 1.807) is 0 Å².